The number of hydrogen-bond acceptors (Lipinski definition) is 2. The van der Waals surface area contributed by atoms with Gasteiger partial charge in [-0.2, -0.15) is 0 Å². The monoisotopic (exact) mass is 306 g/mol. The Morgan fingerprint density at radius 1 is 1.41 bits per heavy atom. The van der Waals surface area contributed by atoms with Crippen LogP contribution in [-0.2, 0) is 16.0 Å². The van der Waals surface area contributed by atoms with Crippen molar-refractivity contribution in [3.8, 4) is 0 Å². The minimum Gasteiger partial charge on any atom is -0.347 e. The van der Waals surface area contributed by atoms with Gasteiger partial charge < -0.3 is 10.2 Å². The second-order valence-corrected chi connectivity index (χ2v) is 5.93. The SMILES string of the molecule is CC(=O)NCC(=O)N1CCC[C@H](CCc2cccc(F)c2)C1. The summed E-state index contributed by atoms with van der Waals surface area (Å²) in [4.78, 5) is 24.7. The maximum absolute atomic E-state index is 13.2. The predicted octanol–water partition coefficient (Wildman–Crippen LogP) is 2.13. The second kappa shape index (κ2) is 7.92. The van der Waals surface area contributed by atoms with Gasteiger partial charge in [0.25, 0.3) is 0 Å². The Morgan fingerprint density at radius 3 is 2.95 bits per heavy atom. The number of carbonyl (C=O) groups is 2. The summed E-state index contributed by atoms with van der Waals surface area (Å²) in [5, 5.41) is 2.55. The van der Waals surface area contributed by atoms with Crippen molar-refractivity contribution in [2.24, 2.45) is 5.92 Å². The lowest BCUT2D eigenvalue weighted by atomic mass is 9.91. The molecule has 1 aromatic rings. The Balaban J connectivity index is 1.80. The van der Waals surface area contributed by atoms with Gasteiger partial charge in [0.1, 0.15) is 5.82 Å². The van der Waals surface area contributed by atoms with Crippen molar-refractivity contribution in [3.05, 3.63) is 35.6 Å². The van der Waals surface area contributed by atoms with Gasteiger partial charge in [0.2, 0.25) is 11.8 Å². The first-order valence-electron chi connectivity index (χ1n) is 7.81. The summed E-state index contributed by atoms with van der Waals surface area (Å²) in [6.45, 7) is 2.97. The van der Waals surface area contributed by atoms with Crippen LogP contribution in [-0.4, -0.2) is 36.3 Å². The fraction of sp³-hybridized carbons (Fsp3) is 0.529. The number of halogens is 1. The average molecular weight is 306 g/mol. The van der Waals surface area contributed by atoms with E-state index in [1.54, 1.807) is 12.1 Å². The highest BCUT2D eigenvalue weighted by Gasteiger charge is 2.23. The van der Waals surface area contributed by atoms with E-state index in [0.717, 1.165) is 44.3 Å². The lowest BCUT2D eigenvalue weighted by Crippen LogP contribution is -2.44. The molecule has 0 aliphatic carbocycles. The third kappa shape index (κ3) is 5.13. The Hall–Kier alpha value is -1.91. The number of likely N-dealkylation sites (tertiary alicyclic amines) is 1. The summed E-state index contributed by atoms with van der Waals surface area (Å²) in [5.41, 5.74) is 1.00. The molecule has 1 heterocycles. The molecule has 1 atom stereocenters. The van der Waals surface area contributed by atoms with Crippen molar-refractivity contribution in [3.63, 3.8) is 0 Å². The zero-order chi connectivity index (χ0) is 15.9. The normalized spacial score (nSPS) is 18.1. The maximum atomic E-state index is 13.2. The van der Waals surface area contributed by atoms with Crippen LogP contribution in [0.15, 0.2) is 24.3 Å². The Kier molecular flexibility index (Phi) is 5.92. The highest BCUT2D eigenvalue weighted by molar-refractivity contribution is 5.83. The molecule has 0 aromatic heterocycles. The van der Waals surface area contributed by atoms with Crippen LogP contribution in [0.2, 0.25) is 0 Å². The number of benzene rings is 1. The summed E-state index contributed by atoms with van der Waals surface area (Å²) in [7, 11) is 0. The second-order valence-electron chi connectivity index (χ2n) is 5.93. The van der Waals surface area contributed by atoms with Crippen molar-refractivity contribution >= 4 is 11.8 Å². The molecular formula is C17H23FN2O2. The van der Waals surface area contributed by atoms with E-state index >= 15 is 0 Å². The van der Waals surface area contributed by atoms with Gasteiger partial charge in [-0.05, 0) is 49.3 Å². The minimum absolute atomic E-state index is 0.0225. The number of piperidine rings is 1. The maximum Gasteiger partial charge on any atom is 0.241 e. The minimum atomic E-state index is -0.201. The van der Waals surface area contributed by atoms with Gasteiger partial charge in [-0.25, -0.2) is 4.39 Å². The third-order valence-electron chi connectivity index (χ3n) is 4.09. The zero-order valence-electron chi connectivity index (χ0n) is 13.0. The molecule has 1 N–H and O–H groups in total. The largest absolute Gasteiger partial charge is 0.347 e. The van der Waals surface area contributed by atoms with Gasteiger partial charge in [0.05, 0.1) is 6.54 Å². The van der Waals surface area contributed by atoms with Crippen molar-refractivity contribution in [1.29, 1.82) is 0 Å². The highest BCUT2D eigenvalue weighted by Crippen LogP contribution is 2.21. The van der Waals surface area contributed by atoms with Crippen LogP contribution in [0, 0.1) is 11.7 Å². The molecule has 0 spiro atoms. The summed E-state index contributed by atoms with van der Waals surface area (Å²) >= 11 is 0. The number of carbonyl (C=O) groups excluding carboxylic acids is 2. The van der Waals surface area contributed by atoms with E-state index in [0.29, 0.717) is 5.92 Å². The number of nitrogens with zero attached hydrogens (tertiary/aromatic N) is 1. The third-order valence-corrected chi connectivity index (χ3v) is 4.09. The number of hydrogen-bond donors (Lipinski definition) is 1. The van der Waals surface area contributed by atoms with Crippen molar-refractivity contribution < 1.29 is 14.0 Å². The summed E-state index contributed by atoms with van der Waals surface area (Å²) < 4.78 is 13.2. The van der Waals surface area contributed by atoms with Crippen molar-refractivity contribution in [1.82, 2.24) is 10.2 Å². The van der Waals surface area contributed by atoms with Crippen LogP contribution in [0.1, 0.15) is 31.7 Å². The molecule has 0 bridgehead atoms. The van der Waals surface area contributed by atoms with E-state index in [4.69, 9.17) is 0 Å². The number of amides is 2. The van der Waals surface area contributed by atoms with Crippen molar-refractivity contribution in [2.75, 3.05) is 19.6 Å². The molecule has 0 unspecified atom stereocenters. The molecule has 1 aliphatic rings. The Morgan fingerprint density at radius 2 is 2.23 bits per heavy atom. The van der Waals surface area contributed by atoms with Gasteiger partial charge >= 0.3 is 0 Å². The molecule has 1 fully saturated rings. The van der Waals surface area contributed by atoms with Gasteiger partial charge in [0.15, 0.2) is 0 Å². The lowest BCUT2D eigenvalue weighted by molar-refractivity contribution is -0.134. The number of nitrogens with one attached hydrogen (secondary N) is 1. The van der Waals surface area contributed by atoms with E-state index < -0.39 is 0 Å². The van der Waals surface area contributed by atoms with Crippen LogP contribution >= 0.6 is 0 Å². The van der Waals surface area contributed by atoms with Gasteiger partial charge in [0, 0.05) is 20.0 Å². The molecule has 2 rings (SSSR count). The number of aryl methyl sites for hydroxylation is 1. The fourth-order valence-electron chi connectivity index (χ4n) is 2.90. The summed E-state index contributed by atoms with van der Waals surface area (Å²) in [5.74, 6) is 0.0326. The molecule has 2 amide bonds. The molecule has 1 aromatic carbocycles. The van der Waals surface area contributed by atoms with Gasteiger partial charge in [-0.1, -0.05) is 12.1 Å². The molecule has 120 valence electrons. The van der Waals surface area contributed by atoms with Crippen LogP contribution in [0.25, 0.3) is 0 Å². The van der Waals surface area contributed by atoms with E-state index in [-0.39, 0.29) is 24.2 Å². The van der Waals surface area contributed by atoms with E-state index in [1.165, 1.54) is 13.0 Å². The van der Waals surface area contributed by atoms with Crippen LogP contribution < -0.4 is 5.32 Å². The topological polar surface area (TPSA) is 49.4 Å². The summed E-state index contributed by atoms with van der Waals surface area (Å²) in [6, 6.07) is 6.69. The smallest absolute Gasteiger partial charge is 0.241 e. The first-order valence-corrected chi connectivity index (χ1v) is 7.81. The molecule has 1 aliphatic heterocycles. The number of rotatable bonds is 5. The standard InChI is InChI=1S/C17H23FN2O2/c1-13(21)19-11-17(22)20-9-3-5-15(12-20)8-7-14-4-2-6-16(18)10-14/h2,4,6,10,15H,3,5,7-9,11-12H2,1H3,(H,19,21)/t15-/m1/s1. The average Bonchev–Trinajstić information content (AvgIpc) is 2.51. The Labute approximate surface area is 130 Å². The molecule has 0 radical (unpaired) electrons. The molecule has 4 nitrogen and oxygen atoms in total. The van der Waals surface area contributed by atoms with Crippen molar-refractivity contribution in [2.45, 2.75) is 32.6 Å². The first-order chi connectivity index (χ1) is 10.5. The lowest BCUT2D eigenvalue weighted by Gasteiger charge is -2.33. The van der Waals surface area contributed by atoms with Crippen LogP contribution in [0.5, 0.6) is 0 Å². The van der Waals surface area contributed by atoms with Crippen LogP contribution in [0.4, 0.5) is 4.39 Å². The van der Waals surface area contributed by atoms with Gasteiger partial charge in [-0.15, -0.1) is 0 Å². The fourth-order valence-corrected chi connectivity index (χ4v) is 2.90. The quantitative estimate of drug-likeness (QED) is 0.906. The Bertz CT molecular complexity index is 533. The summed E-state index contributed by atoms with van der Waals surface area (Å²) in [6.07, 6.45) is 3.86. The van der Waals surface area contributed by atoms with Crippen LogP contribution in [0.3, 0.4) is 0 Å². The van der Waals surface area contributed by atoms with Gasteiger partial charge in [-0.3, -0.25) is 9.59 Å². The predicted molar refractivity (Wildman–Crippen MR) is 82.7 cm³/mol. The first kappa shape index (κ1) is 16.5. The molecule has 22 heavy (non-hydrogen) atoms. The molecular weight excluding hydrogens is 283 g/mol. The molecule has 1 saturated heterocycles. The molecule has 5 heteroatoms. The van der Waals surface area contributed by atoms with E-state index in [2.05, 4.69) is 5.32 Å². The zero-order valence-corrected chi connectivity index (χ0v) is 13.0. The highest BCUT2D eigenvalue weighted by atomic mass is 19.1. The van der Waals surface area contributed by atoms with E-state index in [1.807, 2.05) is 11.0 Å². The molecule has 0 saturated carbocycles. The van der Waals surface area contributed by atoms with E-state index in [9.17, 15) is 14.0 Å².